The smallest absolute Gasteiger partial charge is 0.258 e. The van der Waals surface area contributed by atoms with Crippen LogP contribution < -0.4 is 0 Å². The monoisotopic (exact) mass is 265 g/mol. The second-order valence-corrected chi connectivity index (χ2v) is 6.28. The Bertz CT molecular complexity index is 637. The Morgan fingerprint density at radius 3 is 2.80 bits per heavy atom. The lowest BCUT2D eigenvalue weighted by molar-refractivity contribution is 0.0830. The van der Waals surface area contributed by atoms with Crippen LogP contribution in [0.2, 0.25) is 0 Å². The van der Waals surface area contributed by atoms with E-state index in [0.717, 1.165) is 41.3 Å². The highest BCUT2D eigenvalue weighted by Crippen LogP contribution is 2.41. The number of nitrogens with zero attached hydrogens (tertiary/aromatic N) is 1. The lowest BCUT2D eigenvalue weighted by Gasteiger charge is -2.22. The summed E-state index contributed by atoms with van der Waals surface area (Å²) >= 11 is 0. The Morgan fingerprint density at radius 1 is 1.25 bits per heavy atom. The molecule has 0 N–H and O–H groups in total. The number of rotatable bonds is 2. The van der Waals surface area contributed by atoms with Crippen molar-refractivity contribution >= 4 is 5.91 Å². The SMILES string of the molecule is Cc1ccc2c(c1)C(=O)N(C1=CCC(C3CC3)C=C1)C2. The second kappa shape index (κ2) is 4.34. The maximum absolute atomic E-state index is 12.5. The van der Waals surface area contributed by atoms with E-state index in [2.05, 4.69) is 30.4 Å². The average molecular weight is 265 g/mol. The van der Waals surface area contributed by atoms with Crippen molar-refractivity contribution in [1.82, 2.24) is 4.90 Å². The molecule has 1 aromatic carbocycles. The van der Waals surface area contributed by atoms with Crippen molar-refractivity contribution in [2.45, 2.75) is 32.7 Å². The lowest BCUT2D eigenvalue weighted by atomic mass is 9.94. The molecule has 0 radical (unpaired) electrons. The van der Waals surface area contributed by atoms with Gasteiger partial charge in [-0.1, -0.05) is 29.8 Å². The minimum absolute atomic E-state index is 0.157. The lowest BCUT2D eigenvalue weighted by Crippen LogP contribution is -2.23. The third kappa shape index (κ3) is 1.91. The van der Waals surface area contributed by atoms with Crippen LogP contribution in [0.5, 0.6) is 0 Å². The van der Waals surface area contributed by atoms with Crippen LogP contribution in [-0.4, -0.2) is 10.8 Å². The van der Waals surface area contributed by atoms with E-state index in [4.69, 9.17) is 0 Å². The van der Waals surface area contributed by atoms with E-state index in [1.807, 2.05) is 17.9 Å². The van der Waals surface area contributed by atoms with E-state index >= 15 is 0 Å². The fourth-order valence-electron chi connectivity index (χ4n) is 3.32. The minimum atomic E-state index is 0.157. The van der Waals surface area contributed by atoms with Gasteiger partial charge in [0, 0.05) is 11.3 Å². The number of benzene rings is 1. The Balaban J connectivity index is 1.57. The van der Waals surface area contributed by atoms with E-state index in [1.54, 1.807) is 0 Å². The topological polar surface area (TPSA) is 20.3 Å². The van der Waals surface area contributed by atoms with Gasteiger partial charge in [0.2, 0.25) is 0 Å². The summed E-state index contributed by atoms with van der Waals surface area (Å²) in [6.45, 7) is 2.76. The first-order valence-corrected chi connectivity index (χ1v) is 7.52. The highest BCUT2D eigenvalue weighted by atomic mass is 16.2. The number of carbonyl (C=O) groups excluding carboxylic acids is 1. The van der Waals surface area contributed by atoms with Gasteiger partial charge in [-0.15, -0.1) is 0 Å². The summed E-state index contributed by atoms with van der Waals surface area (Å²) in [6, 6.07) is 6.18. The second-order valence-electron chi connectivity index (χ2n) is 6.28. The normalized spacial score (nSPS) is 24.9. The fourth-order valence-corrected chi connectivity index (χ4v) is 3.32. The van der Waals surface area contributed by atoms with Gasteiger partial charge >= 0.3 is 0 Å². The molecule has 1 atom stereocenters. The van der Waals surface area contributed by atoms with Gasteiger partial charge in [-0.25, -0.2) is 0 Å². The largest absolute Gasteiger partial charge is 0.304 e. The molecule has 20 heavy (non-hydrogen) atoms. The first kappa shape index (κ1) is 12.0. The first-order chi connectivity index (χ1) is 9.72. The molecule has 2 heteroatoms. The van der Waals surface area contributed by atoms with Crippen LogP contribution in [0.3, 0.4) is 0 Å². The molecule has 0 aromatic heterocycles. The summed E-state index contributed by atoms with van der Waals surface area (Å²) in [7, 11) is 0. The number of carbonyl (C=O) groups is 1. The molecule has 1 aromatic rings. The third-order valence-electron chi connectivity index (χ3n) is 4.72. The molecule has 4 rings (SSSR count). The molecule has 1 amide bonds. The first-order valence-electron chi connectivity index (χ1n) is 7.52. The summed E-state index contributed by atoms with van der Waals surface area (Å²) in [5.74, 6) is 1.77. The van der Waals surface area contributed by atoms with Crippen molar-refractivity contribution in [2.75, 3.05) is 0 Å². The Labute approximate surface area is 119 Å². The van der Waals surface area contributed by atoms with Crippen LogP contribution in [0.15, 0.2) is 42.1 Å². The number of fused-ring (bicyclic) bond motifs is 1. The van der Waals surface area contributed by atoms with Crippen molar-refractivity contribution in [3.8, 4) is 0 Å². The molecule has 1 saturated carbocycles. The Morgan fingerprint density at radius 2 is 2.10 bits per heavy atom. The zero-order chi connectivity index (χ0) is 13.7. The van der Waals surface area contributed by atoms with Gasteiger partial charge in [0.1, 0.15) is 0 Å². The zero-order valence-electron chi connectivity index (χ0n) is 11.8. The van der Waals surface area contributed by atoms with Gasteiger partial charge in [0.25, 0.3) is 5.91 Å². The molecular weight excluding hydrogens is 246 g/mol. The standard InChI is InChI=1S/C18H19NO/c1-12-2-3-15-11-19(18(20)17(15)10-12)16-8-6-14(7-9-16)13-4-5-13/h2-3,6,8-10,13-14H,4-5,7,11H2,1H3. The Kier molecular flexibility index (Phi) is 2.59. The van der Waals surface area contributed by atoms with Gasteiger partial charge in [0.15, 0.2) is 0 Å². The van der Waals surface area contributed by atoms with Crippen molar-refractivity contribution in [2.24, 2.45) is 11.8 Å². The van der Waals surface area contributed by atoms with E-state index in [1.165, 1.54) is 12.8 Å². The van der Waals surface area contributed by atoms with Crippen LogP contribution in [0.4, 0.5) is 0 Å². The summed E-state index contributed by atoms with van der Waals surface area (Å²) in [4.78, 5) is 14.4. The van der Waals surface area contributed by atoms with E-state index < -0.39 is 0 Å². The summed E-state index contributed by atoms with van der Waals surface area (Å²) in [6.07, 6.45) is 10.6. The van der Waals surface area contributed by atoms with Gasteiger partial charge in [-0.05, 0) is 55.7 Å². The predicted octanol–water partition coefficient (Wildman–Crippen LogP) is 3.82. The van der Waals surface area contributed by atoms with Gasteiger partial charge in [0.05, 0.1) is 6.54 Å². The molecule has 3 aliphatic rings. The van der Waals surface area contributed by atoms with Crippen LogP contribution in [0, 0.1) is 18.8 Å². The predicted molar refractivity (Wildman–Crippen MR) is 79.1 cm³/mol. The molecule has 102 valence electrons. The third-order valence-corrected chi connectivity index (χ3v) is 4.72. The van der Waals surface area contributed by atoms with Gasteiger partial charge < -0.3 is 4.90 Å². The highest BCUT2D eigenvalue weighted by molar-refractivity contribution is 5.99. The van der Waals surface area contributed by atoms with Crippen molar-refractivity contribution in [3.05, 3.63) is 58.8 Å². The minimum Gasteiger partial charge on any atom is -0.304 e. The fraction of sp³-hybridized carbons (Fsp3) is 0.389. The van der Waals surface area contributed by atoms with Crippen LogP contribution >= 0.6 is 0 Å². The highest BCUT2D eigenvalue weighted by Gasteiger charge is 2.33. The molecular formula is C18H19NO. The molecule has 2 aliphatic carbocycles. The summed E-state index contributed by atoms with van der Waals surface area (Å²) in [5, 5.41) is 0. The van der Waals surface area contributed by atoms with Crippen molar-refractivity contribution < 1.29 is 4.79 Å². The average Bonchev–Trinajstić information content (AvgIpc) is 3.26. The number of allylic oxidation sites excluding steroid dienone is 3. The quantitative estimate of drug-likeness (QED) is 0.796. The molecule has 0 saturated heterocycles. The summed E-state index contributed by atoms with van der Waals surface area (Å²) < 4.78 is 0. The molecule has 1 fully saturated rings. The van der Waals surface area contributed by atoms with E-state index in [0.29, 0.717) is 5.92 Å². The molecule has 1 unspecified atom stereocenters. The van der Waals surface area contributed by atoms with Crippen LogP contribution in [0.1, 0.15) is 40.7 Å². The zero-order valence-corrected chi connectivity index (χ0v) is 11.8. The van der Waals surface area contributed by atoms with E-state index in [-0.39, 0.29) is 5.91 Å². The van der Waals surface area contributed by atoms with Crippen LogP contribution in [0.25, 0.3) is 0 Å². The maximum Gasteiger partial charge on any atom is 0.258 e. The van der Waals surface area contributed by atoms with Gasteiger partial charge in [-0.3, -0.25) is 4.79 Å². The van der Waals surface area contributed by atoms with Gasteiger partial charge in [-0.2, -0.15) is 0 Å². The molecule has 0 bridgehead atoms. The molecule has 0 spiro atoms. The molecule has 2 nitrogen and oxygen atoms in total. The molecule has 1 aliphatic heterocycles. The van der Waals surface area contributed by atoms with E-state index in [9.17, 15) is 4.79 Å². The summed E-state index contributed by atoms with van der Waals surface area (Å²) in [5.41, 5.74) is 4.27. The molecule has 1 heterocycles. The van der Waals surface area contributed by atoms with Crippen molar-refractivity contribution in [3.63, 3.8) is 0 Å². The number of hydrogen-bond acceptors (Lipinski definition) is 1. The van der Waals surface area contributed by atoms with Crippen LogP contribution in [-0.2, 0) is 6.54 Å². The number of amides is 1. The number of aryl methyl sites for hydroxylation is 1. The maximum atomic E-state index is 12.5. The Hall–Kier alpha value is -1.83. The number of hydrogen-bond donors (Lipinski definition) is 0. The van der Waals surface area contributed by atoms with Crippen molar-refractivity contribution in [1.29, 1.82) is 0 Å².